The van der Waals surface area contributed by atoms with E-state index in [0.29, 0.717) is 12.7 Å². The van der Waals surface area contributed by atoms with Crippen LogP contribution in [-0.4, -0.2) is 46.3 Å². The van der Waals surface area contributed by atoms with Gasteiger partial charge in [-0.05, 0) is 6.42 Å². The van der Waals surface area contributed by atoms with Crippen molar-refractivity contribution in [3.8, 4) is 0 Å². The zero-order valence-corrected chi connectivity index (χ0v) is 8.89. The Hall–Kier alpha value is -0.490. The van der Waals surface area contributed by atoms with E-state index in [0.717, 1.165) is 0 Å². The molecule has 0 radical (unpaired) electrons. The Morgan fingerprint density at radius 3 is 2.14 bits per heavy atom. The molecule has 0 aromatic carbocycles. The van der Waals surface area contributed by atoms with Gasteiger partial charge < -0.3 is 23.7 Å². The molecule has 5 nitrogen and oxygen atoms in total. The summed E-state index contributed by atoms with van der Waals surface area (Å²) in [5.74, 6) is 0. The van der Waals surface area contributed by atoms with E-state index in [-0.39, 0.29) is 19.7 Å². The van der Waals surface area contributed by atoms with E-state index in [1.165, 1.54) is 14.2 Å². The number of aldehydes is 1. The Morgan fingerprint density at radius 1 is 1.14 bits per heavy atom. The summed E-state index contributed by atoms with van der Waals surface area (Å²) >= 11 is 0. The van der Waals surface area contributed by atoms with Gasteiger partial charge in [0.05, 0.1) is 6.10 Å². The van der Waals surface area contributed by atoms with Gasteiger partial charge in [0, 0.05) is 14.2 Å². The van der Waals surface area contributed by atoms with Gasteiger partial charge in [0.15, 0.2) is 6.29 Å². The fourth-order valence-corrected chi connectivity index (χ4v) is 0.981. The van der Waals surface area contributed by atoms with Crippen LogP contribution >= 0.6 is 0 Å². The molecule has 5 heteroatoms. The van der Waals surface area contributed by atoms with Crippen molar-refractivity contribution in [2.24, 2.45) is 0 Å². The zero-order chi connectivity index (χ0) is 10.8. The van der Waals surface area contributed by atoms with E-state index in [4.69, 9.17) is 18.9 Å². The molecule has 0 bridgehead atoms. The van der Waals surface area contributed by atoms with Crippen LogP contribution in [0.5, 0.6) is 0 Å². The maximum atomic E-state index is 10.7. The fraction of sp³-hybridized carbons (Fsp3) is 0.889. The molecule has 0 aliphatic carbocycles. The van der Waals surface area contributed by atoms with Crippen LogP contribution < -0.4 is 0 Å². The SMILES string of the molecule is CC[C@H](OCOC)[C@H](C=O)OCOC. The van der Waals surface area contributed by atoms with Crippen molar-refractivity contribution >= 4 is 6.29 Å². The Labute approximate surface area is 84.3 Å². The molecule has 0 rings (SSSR count). The van der Waals surface area contributed by atoms with Crippen LogP contribution in [0.2, 0.25) is 0 Å². The quantitative estimate of drug-likeness (QED) is 0.408. The van der Waals surface area contributed by atoms with Crippen LogP contribution in [0.3, 0.4) is 0 Å². The summed E-state index contributed by atoms with van der Waals surface area (Å²) in [6, 6.07) is 0. The number of ether oxygens (including phenoxy) is 4. The van der Waals surface area contributed by atoms with Crippen molar-refractivity contribution in [3.63, 3.8) is 0 Å². The van der Waals surface area contributed by atoms with Crippen LogP contribution in [-0.2, 0) is 23.7 Å². The molecule has 84 valence electrons. The topological polar surface area (TPSA) is 54.0 Å². The van der Waals surface area contributed by atoms with Gasteiger partial charge in [-0.3, -0.25) is 0 Å². The molecule has 0 N–H and O–H groups in total. The molecule has 0 saturated heterocycles. The minimum absolute atomic E-state index is 0.0796. The number of carbonyl (C=O) groups excluding carboxylic acids is 1. The second kappa shape index (κ2) is 9.08. The summed E-state index contributed by atoms with van der Waals surface area (Å²) in [4.78, 5) is 10.7. The van der Waals surface area contributed by atoms with Crippen molar-refractivity contribution in [2.45, 2.75) is 25.6 Å². The molecule has 0 heterocycles. The molecule has 14 heavy (non-hydrogen) atoms. The Kier molecular flexibility index (Phi) is 8.76. The molecule has 0 aromatic heterocycles. The van der Waals surface area contributed by atoms with Gasteiger partial charge in [-0.2, -0.15) is 0 Å². The van der Waals surface area contributed by atoms with Gasteiger partial charge in [0.1, 0.15) is 19.7 Å². The molecule has 0 aliphatic heterocycles. The van der Waals surface area contributed by atoms with Gasteiger partial charge in [0.25, 0.3) is 0 Å². The van der Waals surface area contributed by atoms with Crippen LogP contribution in [0.4, 0.5) is 0 Å². The van der Waals surface area contributed by atoms with Crippen molar-refractivity contribution in [3.05, 3.63) is 0 Å². The fourth-order valence-electron chi connectivity index (χ4n) is 0.981. The second-order valence-corrected chi connectivity index (χ2v) is 2.69. The highest BCUT2D eigenvalue weighted by molar-refractivity contribution is 5.57. The maximum Gasteiger partial charge on any atom is 0.151 e. The van der Waals surface area contributed by atoms with Gasteiger partial charge in [-0.25, -0.2) is 0 Å². The van der Waals surface area contributed by atoms with E-state index in [9.17, 15) is 4.79 Å². The van der Waals surface area contributed by atoms with Crippen LogP contribution in [0.25, 0.3) is 0 Å². The lowest BCUT2D eigenvalue weighted by molar-refractivity contribution is -0.162. The molecule has 2 atom stereocenters. The normalized spacial score (nSPS) is 15.1. The third-order valence-corrected chi connectivity index (χ3v) is 1.68. The first-order chi connectivity index (χ1) is 6.79. The lowest BCUT2D eigenvalue weighted by Gasteiger charge is -2.21. The van der Waals surface area contributed by atoms with Gasteiger partial charge in [-0.15, -0.1) is 0 Å². The summed E-state index contributed by atoms with van der Waals surface area (Å²) in [6.45, 7) is 2.14. The lowest BCUT2D eigenvalue weighted by atomic mass is 10.2. The predicted octanol–water partition coefficient (Wildman–Crippen LogP) is 0.573. The third-order valence-electron chi connectivity index (χ3n) is 1.68. The largest absolute Gasteiger partial charge is 0.359 e. The highest BCUT2D eigenvalue weighted by Gasteiger charge is 2.20. The highest BCUT2D eigenvalue weighted by atomic mass is 16.7. The van der Waals surface area contributed by atoms with Crippen molar-refractivity contribution in [2.75, 3.05) is 27.8 Å². The average molecular weight is 206 g/mol. The molecule has 0 amide bonds. The molecule has 0 aliphatic rings. The molecule has 0 saturated carbocycles. The summed E-state index contributed by atoms with van der Waals surface area (Å²) in [5, 5.41) is 0. The number of carbonyl (C=O) groups is 1. The smallest absolute Gasteiger partial charge is 0.151 e. The van der Waals surface area contributed by atoms with Crippen LogP contribution in [0.15, 0.2) is 0 Å². The predicted molar refractivity (Wildman–Crippen MR) is 49.9 cm³/mol. The van der Waals surface area contributed by atoms with Crippen molar-refractivity contribution in [1.82, 2.24) is 0 Å². The minimum atomic E-state index is -0.602. The van der Waals surface area contributed by atoms with E-state index in [1.807, 2.05) is 6.92 Å². The lowest BCUT2D eigenvalue weighted by Crippen LogP contribution is -2.33. The summed E-state index contributed by atoms with van der Waals surface area (Å²) < 4.78 is 19.8. The highest BCUT2D eigenvalue weighted by Crippen LogP contribution is 2.06. The third kappa shape index (κ3) is 5.29. The first-order valence-electron chi connectivity index (χ1n) is 4.46. The summed E-state index contributed by atoms with van der Waals surface area (Å²) in [7, 11) is 3.03. The Morgan fingerprint density at radius 2 is 1.71 bits per heavy atom. The molecule has 0 spiro atoms. The van der Waals surface area contributed by atoms with Crippen LogP contribution in [0, 0.1) is 0 Å². The summed E-state index contributed by atoms with van der Waals surface area (Å²) in [5.41, 5.74) is 0. The minimum Gasteiger partial charge on any atom is -0.359 e. The number of hydrogen-bond acceptors (Lipinski definition) is 5. The van der Waals surface area contributed by atoms with E-state index < -0.39 is 6.10 Å². The molecule has 0 aromatic rings. The van der Waals surface area contributed by atoms with Crippen LogP contribution in [0.1, 0.15) is 13.3 Å². The zero-order valence-electron chi connectivity index (χ0n) is 8.89. The number of methoxy groups -OCH3 is 2. The summed E-state index contributed by atoms with van der Waals surface area (Å²) in [6.07, 6.45) is 0.497. The van der Waals surface area contributed by atoms with E-state index in [2.05, 4.69) is 0 Å². The van der Waals surface area contributed by atoms with Gasteiger partial charge in [-0.1, -0.05) is 6.92 Å². The number of hydrogen-bond donors (Lipinski definition) is 0. The van der Waals surface area contributed by atoms with Crippen molar-refractivity contribution < 1.29 is 23.7 Å². The maximum absolute atomic E-state index is 10.7. The molecule has 0 fully saturated rings. The molecular weight excluding hydrogens is 188 g/mol. The Balaban J connectivity index is 3.93. The Bertz CT molecular complexity index is 139. The molecular formula is C9H18O5. The monoisotopic (exact) mass is 206 g/mol. The first-order valence-corrected chi connectivity index (χ1v) is 4.46. The van der Waals surface area contributed by atoms with E-state index in [1.54, 1.807) is 0 Å². The first kappa shape index (κ1) is 13.5. The molecule has 0 unspecified atom stereocenters. The van der Waals surface area contributed by atoms with Gasteiger partial charge in [0.2, 0.25) is 0 Å². The average Bonchev–Trinajstić information content (AvgIpc) is 2.23. The van der Waals surface area contributed by atoms with Crippen molar-refractivity contribution in [1.29, 1.82) is 0 Å². The number of rotatable bonds is 9. The van der Waals surface area contributed by atoms with Gasteiger partial charge >= 0.3 is 0 Å². The second-order valence-electron chi connectivity index (χ2n) is 2.69. The van der Waals surface area contributed by atoms with E-state index >= 15 is 0 Å². The standard InChI is InChI=1S/C9H18O5/c1-4-8(13-6-11-2)9(5-10)14-7-12-3/h5,8-9H,4,6-7H2,1-3H3/t8-,9-/m0/s1.